The number of piperazine rings is 1. The molecular formula is C21H24N4O4. The first-order valence-corrected chi connectivity index (χ1v) is 9.68. The smallest absolute Gasteiger partial charge is 0.225 e. The number of methoxy groups -OCH3 is 2. The fraction of sp³-hybridized carbons (Fsp3) is 0.429. The first-order valence-electron chi connectivity index (χ1n) is 9.68. The molecule has 4 rings (SSSR count). The Labute approximate surface area is 169 Å². The summed E-state index contributed by atoms with van der Waals surface area (Å²) >= 11 is 0. The van der Waals surface area contributed by atoms with E-state index in [4.69, 9.17) is 14.5 Å². The fourth-order valence-corrected chi connectivity index (χ4v) is 3.99. The maximum absolute atomic E-state index is 12.8. The molecule has 0 unspecified atom stereocenters. The van der Waals surface area contributed by atoms with Crippen LogP contribution in [0.15, 0.2) is 24.4 Å². The molecule has 29 heavy (non-hydrogen) atoms. The van der Waals surface area contributed by atoms with E-state index in [1.807, 2.05) is 18.2 Å². The van der Waals surface area contributed by atoms with Gasteiger partial charge < -0.3 is 19.3 Å². The van der Waals surface area contributed by atoms with Crippen LogP contribution in [0.5, 0.6) is 11.5 Å². The number of benzene rings is 1. The van der Waals surface area contributed by atoms with E-state index in [0.29, 0.717) is 62.0 Å². The van der Waals surface area contributed by atoms with Gasteiger partial charge in [0.15, 0.2) is 5.78 Å². The minimum atomic E-state index is -0.00878. The SMILES string of the molecule is COc1ccc([C@H]2CC(=O)c3cnc(N4CCN(C=O)CC4)nc3C2)c(OC)c1. The summed E-state index contributed by atoms with van der Waals surface area (Å²) in [6.07, 6.45) is 3.56. The van der Waals surface area contributed by atoms with Crippen molar-refractivity contribution in [1.82, 2.24) is 14.9 Å². The molecule has 1 aliphatic heterocycles. The summed E-state index contributed by atoms with van der Waals surface area (Å²) in [5.74, 6) is 2.08. The largest absolute Gasteiger partial charge is 0.497 e. The number of carbonyl (C=O) groups excluding carboxylic acids is 2. The number of amides is 1. The molecule has 1 amide bonds. The van der Waals surface area contributed by atoms with Crippen molar-refractivity contribution in [1.29, 1.82) is 0 Å². The molecule has 1 saturated heterocycles. The van der Waals surface area contributed by atoms with Gasteiger partial charge in [0.25, 0.3) is 0 Å². The summed E-state index contributed by atoms with van der Waals surface area (Å²) in [6, 6.07) is 5.68. The molecular weight excluding hydrogens is 372 g/mol. The van der Waals surface area contributed by atoms with Gasteiger partial charge in [0.1, 0.15) is 11.5 Å². The predicted molar refractivity (Wildman–Crippen MR) is 107 cm³/mol. The van der Waals surface area contributed by atoms with Crippen LogP contribution in [0.25, 0.3) is 0 Å². The number of Topliss-reactive ketones (excluding diaryl/α,β-unsaturated/α-hetero) is 1. The summed E-state index contributed by atoms with van der Waals surface area (Å²) in [6.45, 7) is 2.66. The Hall–Kier alpha value is -3.16. The van der Waals surface area contributed by atoms with Crippen LogP contribution in [-0.2, 0) is 11.2 Å². The van der Waals surface area contributed by atoms with E-state index in [9.17, 15) is 9.59 Å². The van der Waals surface area contributed by atoms with Crippen molar-refractivity contribution in [2.45, 2.75) is 18.8 Å². The molecule has 0 N–H and O–H groups in total. The van der Waals surface area contributed by atoms with Gasteiger partial charge in [-0.15, -0.1) is 0 Å². The molecule has 1 atom stereocenters. The first kappa shape index (κ1) is 19.2. The van der Waals surface area contributed by atoms with Crippen molar-refractivity contribution in [2.75, 3.05) is 45.3 Å². The molecule has 1 fully saturated rings. The van der Waals surface area contributed by atoms with Crippen LogP contribution < -0.4 is 14.4 Å². The zero-order valence-corrected chi connectivity index (χ0v) is 16.6. The lowest BCUT2D eigenvalue weighted by molar-refractivity contribution is -0.118. The van der Waals surface area contributed by atoms with E-state index in [1.165, 1.54) is 0 Å². The van der Waals surface area contributed by atoms with Crippen molar-refractivity contribution in [3.05, 3.63) is 41.2 Å². The van der Waals surface area contributed by atoms with E-state index >= 15 is 0 Å². The average Bonchev–Trinajstić information content (AvgIpc) is 2.78. The maximum Gasteiger partial charge on any atom is 0.225 e. The number of ketones is 1. The second-order valence-corrected chi connectivity index (χ2v) is 7.30. The van der Waals surface area contributed by atoms with Crippen molar-refractivity contribution in [2.24, 2.45) is 0 Å². The van der Waals surface area contributed by atoms with E-state index < -0.39 is 0 Å². The minimum absolute atomic E-state index is 0.00878. The molecule has 1 aromatic heterocycles. The summed E-state index contributed by atoms with van der Waals surface area (Å²) in [7, 11) is 3.23. The average molecular weight is 396 g/mol. The lowest BCUT2D eigenvalue weighted by Gasteiger charge is -2.33. The second-order valence-electron chi connectivity index (χ2n) is 7.30. The van der Waals surface area contributed by atoms with Gasteiger partial charge >= 0.3 is 0 Å². The highest BCUT2D eigenvalue weighted by molar-refractivity contribution is 5.98. The minimum Gasteiger partial charge on any atom is -0.497 e. The Bertz CT molecular complexity index is 925. The zero-order chi connectivity index (χ0) is 20.4. The second kappa shape index (κ2) is 8.06. The van der Waals surface area contributed by atoms with Crippen LogP contribution in [0, 0.1) is 0 Å². The fourth-order valence-electron chi connectivity index (χ4n) is 3.99. The number of nitrogens with zero attached hydrogens (tertiary/aromatic N) is 4. The highest BCUT2D eigenvalue weighted by Crippen LogP contribution is 2.38. The summed E-state index contributed by atoms with van der Waals surface area (Å²) in [5.41, 5.74) is 2.35. The molecule has 2 aromatic rings. The quantitative estimate of drug-likeness (QED) is 0.711. The van der Waals surface area contributed by atoms with Gasteiger partial charge in [-0.3, -0.25) is 9.59 Å². The third kappa shape index (κ3) is 3.74. The molecule has 2 aliphatic rings. The van der Waals surface area contributed by atoms with Crippen LogP contribution >= 0.6 is 0 Å². The molecule has 0 bridgehead atoms. The Balaban J connectivity index is 1.60. The number of carbonyl (C=O) groups is 2. The highest BCUT2D eigenvalue weighted by Gasteiger charge is 2.30. The van der Waals surface area contributed by atoms with Crippen LogP contribution in [0.1, 0.15) is 34.0 Å². The third-order valence-electron chi connectivity index (χ3n) is 5.65. The normalized spacial score (nSPS) is 19.0. The van der Waals surface area contributed by atoms with Gasteiger partial charge in [0, 0.05) is 50.8 Å². The van der Waals surface area contributed by atoms with Gasteiger partial charge in [-0.05, 0) is 18.1 Å². The van der Waals surface area contributed by atoms with E-state index in [0.717, 1.165) is 17.7 Å². The number of rotatable bonds is 5. The standard InChI is InChI=1S/C21H24N4O4/c1-28-15-3-4-16(20(11-15)29-2)14-9-18-17(19(27)10-14)12-22-21(23-18)25-7-5-24(13-26)6-8-25/h3-4,11-14H,5-10H2,1-2H3/t14-/m1/s1. The maximum atomic E-state index is 12.8. The number of hydrogen-bond donors (Lipinski definition) is 0. The lowest BCUT2D eigenvalue weighted by atomic mass is 9.82. The number of anilines is 1. The van der Waals surface area contributed by atoms with Gasteiger partial charge in [-0.2, -0.15) is 0 Å². The van der Waals surface area contributed by atoms with Gasteiger partial charge in [-0.25, -0.2) is 9.97 Å². The van der Waals surface area contributed by atoms with Crippen molar-refractivity contribution in [3.8, 4) is 11.5 Å². The summed E-state index contributed by atoms with van der Waals surface area (Å²) in [4.78, 5) is 36.6. The number of aromatic nitrogens is 2. The van der Waals surface area contributed by atoms with E-state index in [1.54, 1.807) is 25.3 Å². The van der Waals surface area contributed by atoms with Crippen LogP contribution in [0.4, 0.5) is 5.95 Å². The third-order valence-corrected chi connectivity index (χ3v) is 5.65. The zero-order valence-electron chi connectivity index (χ0n) is 16.6. The predicted octanol–water partition coefficient (Wildman–Crippen LogP) is 1.68. The molecule has 8 heteroatoms. The van der Waals surface area contributed by atoms with Gasteiger partial charge in [0.2, 0.25) is 12.4 Å². The van der Waals surface area contributed by atoms with Crippen LogP contribution in [0.3, 0.4) is 0 Å². The van der Waals surface area contributed by atoms with E-state index in [-0.39, 0.29) is 11.7 Å². The lowest BCUT2D eigenvalue weighted by Crippen LogP contribution is -2.46. The molecule has 2 heterocycles. The molecule has 1 aromatic carbocycles. The highest BCUT2D eigenvalue weighted by atomic mass is 16.5. The summed E-state index contributed by atoms with van der Waals surface area (Å²) < 4.78 is 10.8. The van der Waals surface area contributed by atoms with Crippen molar-refractivity contribution >= 4 is 18.1 Å². The van der Waals surface area contributed by atoms with Crippen molar-refractivity contribution < 1.29 is 19.1 Å². The van der Waals surface area contributed by atoms with E-state index in [2.05, 4.69) is 9.88 Å². The molecule has 152 valence electrons. The monoisotopic (exact) mass is 396 g/mol. The van der Waals surface area contributed by atoms with Gasteiger partial charge in [-0.1, -0.05) is 6.07 Å². The Kier molecular flexibility index (Phi) is 5.33. The molecule has 8 nitrogen and oxygen atoms in total. The Morgan fingerprint density at radius 2 is 1.90 bits per heavy atom. The molecule has 0 spiro atoms. The molecule has 1 aliphatic carbocycles. The summed E-state index contributed by atoms with van der Waals surface area (Å²) in [5, 5.41) is 0. The first-order chi connectivity index (χ1) is 14.1. The molecule has 0 radical (unpaired) electrons. The number of fused-ring (bicyclic) bond motifs is 1. The van der Waals surface area contributed by atoms with Crippen LogP contribution in [0.2, 0.25) is 0 Å². The molecule has 0 saturated carbocycles. The topological polar surface area (TPSA) is 84.9 Å². The number of ether oxygens (including phenoxy) is 2. The van der Waals surface area contributed by atoms with Crippen molar-refractivity contribution in [3.63, 3.8) is 0 Å². The van der Waals surface area contributed by atoms with Gasteiger partial charge in [0.05, 0.1) is 25.5 Å². The van der Waals surface area contributed by atoms with Crippen LogP contribution in [-0.4, -0.2) is 67.5 Å². The Morgan fingerprint density at radius 3 is 2.59 bits per heavy atom. The Morgan fingerprint density at radius 1 is 1.10 bits per heavy atom. The number of hydrogen-bond acceptors (Lipinski definition) is 7.